The zero-order valence-electron chi connectivity index (χ0n) is 9.94. The molecule has 0 radical (unpaired) electrons. The van der Waals surface area contributed by atoms with E-state index in [0.717, 1.165) is 0 Å². The molecule has 1 unspecified atom stereocenters. The fraction of sp³-hybridized carbons (Fsp3) is 0.333. The van der Waals surface area contributed by atoms with Crippen LogP contribution in [0.1, 0.15) is 25.3 Å². The molecule has 1 aliphatic rings. The lowest BCUT2D eigenvalue weighted by Gasteiger charge is -2.10. The van der Waals surface area contributed by atoms with E-state index in [1.54, 1.807) is 0 Å². The summed E-state index contributed by atoms with van der Waals surface area (Å²) in [6.07, 6.45) is 9.35. The Bertz CT molecular complexity index is 398. The maximum atomic E-state index is 2.34. The minimum absolute atomic E-state index is 0.622. The average molecular weight is 230 g/mol. The molecular formula is C15H18S. The Kier molecular flexibility index (Phi) is 3.89. The van der Waals surface area contributed by atoms with Crippen LogP contribution in [0.4, 0.5) is 0 Å². The summed E-state index contributed by atoms with van der Waals surface area (Å²) in [7, 11) is 0. The quantitative estimate of drug-likeness (QED) is 0.706. The maximum Gasteiger partial charge on any atom is 0.0280 e. The monoisotopic (exact) mass is 230 g/mol. The third kappa shape index (κ3) is 3.28. The van der Waals surface area contributed by atoms with Crippen molar-refractivity contribution in [2.45, 2.75) is 36.8 Å². The van der Waals surface area contributed by atoms with E-state index in [2.05, 4.69) is 56.3 Å². The van der Waals surface area contributed by atoms with Crippen LogP contribution in [0.3, 0.4) is 0 Å². The van der Waals surface area contributed by atoms with Crippen LogP contribution in [-0.2, 0) is 0 Å². The van der Waals surface area contributed by atoms with E-state index >= 15 is 0 Å². The maximum absolute atomic E-state index is 2.34. The van der Waals surface area contributed by atoms with Crippen molar-refractivity contribution in [3.8, 4) is 0 Å². The van der Waals surface area contributed by atoms with E-state index in [0.29, 0.717) is 5.25 Å². The molecule has 0 amide bonds. The van der Waals surface area contributed by atoms with Gasteiger partial charge in [-0.1, -0.05) is 41.5 Å². The van der Waals surface area contributed by atoms with Gasteiger partial charge in [-0.2, -0.15) is 0 Å². The first-order chi connectivity index (χ1) is 7.74. The zero-order valence-corrected chi connectivity index (χ0v) is 10.8. The Morgan fingerprint density at radius 3 is 2.62 bits per heavy atom. The lowest BCUT2D eigenvalue weighted by Crippen LogP contribution is -1.96. The molecule has 0 saturated carbocycles. The van der Waals surface area contributed by atoms with Gasteiger partial charge in [0.15, 0.2) is 0 Å². The molecule has 0 saturated heterocycles. The summed E-state index contributed by atoms with van der Waals surface area (Å²) in [4.78, 5) is 1.37. The Hall–Kier alpha value is -0.950. The van der Waals surface area contributed by atoms with Gasteiger partial charge in [0.2, 0.25) is 0 Å². The van der Waals surface area contributed by atoms with Crippen LogP contribution in [0.25, 0.3) is 0 Å². The number of hydrogen-bond acceptors (Lipinski definition) is 1. The molecule has 1 atom stereocenters. The molecule has 1 aromatic rings. The molecule has 1 heteroatoms. The standard InChI is InChI=1S/C15H18S/c1-12-4-3-5-14(9-6-12)16-15-10-7-13(2)8-11-15/h4,6-11,14H,3,5H2,1-2H3. The van der Waals surface area contributed by atoms with E-state index < -0.39 is 0 Å². The van der Waals surface area contributed by atoms with Crippen LogP contribution < -0.4 is 0 Å². The van der Waals surface area contributed by atoms with Gasteiger partial charge in [0, 0.05) is 10.1 Å². The molecule has 16 heavy (non-hydrogen) atoms. The number of thioether (sulfide) groups is 1. The second-order valence-corrected chi connectivity index (χ2v) is 5.67. The molecule has 1 aliphatic carbocycles. The molecule has 84 valence electrons. The van der Waals surface area contributed by atoms with Crippen LogP contribution in [-0.4, -0.2) is 5.25 Å². The van der Waals surface area contributed by atoms with Crippen LogP contribution in [0.2, 0.25) is 0 Å². The fourth-order valence-corrected chi connectivity index (χ4v) is 2.84. The normalized spacial score (nSPS) is 20.4. The summed E-state index contributed by atoms with van der Waals surface area (Å²) in [5, 5.41) is 0.622. The number of hydrogen-bond donors (Lipinski definition) is 0. The van der Waals surface area contributed by atoms with Crippen molar-refractivity contribution < 1.29 is 0 Å². The Morgan fingerprint density at radius 2 is 1.88 bits per heavy atom. The lowest BCUT2D eigenvalue weighted by atomic mass is 10.2. The van der Waals surface area contributed by atoms with Crippen LogP contribution >= 0.6 is 11.8 Å². The highest BCUT2D eigenvalue weighted by Crippen LogP contribution is 2.29. The molecule has 2 rings (SSSR count). The molecule has 0 bridgehead atoms. The Balaban J connectivity index is 2.00. The number of aryl methyl sites for hydroxylation is 1. The van der Waals surface area contributed by atoms with Crippen LogP contribution in [0.15, 0.2) is 53.0 Å². The second kappa shape index (κ2) is 5.40. The molecule has 0 spiro atoms. The largest absolute Gasteiger partial charge is 0.119 e. The third-order valence-electron chi connectivity index (χ3n) is 2.80. The summed E-state index contributed by atoms with van der Waals surface area (Å²) < 4.78 is 0. The van der Waals surface area contributed by atoms with Gasteiger partial charge in [0.1, 0.15) is 0 Å². The third-order valence-corrected chi connectivity index (χ3v) is 4.04. The number of rotatable bonds is 2. The first-order valence-electron chi connectivity index (χ1n) is 5.82. The van der Waals surface area contributed by atoms with E-state index in [-0.39, 0.29) is 0 Å². The van der Waals surface area contributed by atoms with Gasteiger partial charge in [-0.25, -0.2) is 0 Å². The molecule has 0 aromatic heterocycles. The van der Waals surface area contributed by atoms with Crippen molar-refractivity contribution in [1.29, 1.82) is 0 Å². The smallest absolute Gasteiger partial charge is 0.0280 e. The van der Waals surface area contributed by atoms with E-state index in [1.807, 2.05) is 11.8 Å². The minimum Gasteiger partial charge on any atom is -0.119 e. The molecule has 0 nitrogen and oxygen atoms in total. The fourth-order valence-electron chi connectivity index (χ4n) is 1.79. The Labute approximate surface area is 102 Å². The molecular weight excluding hydrogens is 212 g/mol. The summed E-state index contributed by atoms with van der Waals surface area (Å²) in [6, 6.07) is 8.82. The van der Waals surface area contributed by atoms with Crippen molar-refractivity contribution in [3.05, 3.63) is 53.6 Å². The van der Waals surface area contributed by atoms with Crippen molar-refractivity contribution in [1.82, 2.24) is 0 Å². The highest BCUT2D eigenvalue weighted by Gasteiger charge is 2.08. The summed E-state index contributed by atoms with van der Waals surface area (Å²) in [5.74, 6) is 0. The lowest BCUT2D eigenvalue weighted by molar-refractivity contribution is 0.888. The molecule has 0 fully saturated rings. The predicted octanol–water partition coefficient (Wildman–Crippen LogP) is 4.75. The van der Waals surface area contributed by atoms with E-state index in [4.69, 9.17) is 0 Å². The highest BCUT2D eigenvalue weighted by molar-refractivity contribution is 8.00. The molecule has 0 heterocycles. The van der Waals surface area contributed by atoms with Crippen molar-refractivity contribution in [2.75, 3.05) is 0 Å². The predicted molar refractivity (Wildman–Crippen MR) is 73.0 cm³/mol. The van der Waals surface area contributed by atoms with Gasteiger partial charge in [-0.05, 0) is 38.8 Å². The van der Waals surface area contributed by atoms with Gasteiger partial charge in [-0.15, -0.1) is 11.8 Å². The van der Waals surface area contributed by atoms with Crippen molar-refractivity contribution >= 4 is 11.8 Å². The molecule has 0 aliphatic heterocycles. The van der Waals surface area contributed by atoms with E-state index in [9.17, 15) is 0 Å². The number of allylic oxidation sites excluding steroid dienone is 3. The molecule has 0 N–H and O–H groups in total. The van der Waals surface area contributed by atoms with Crippen LogP contribution in [0.5, 0.6) is 0 Å². The summed E-state index contributed by atoms with van der Waals surface area (Å²) in [5.41, 5.74) is 2.73. The van der Waals surface area contributed by atoms with Gasteiger partial charge in [-0.3, -0.25) is 0 Å². The highest BCUT2D eigenvalue weighted by atomic mass is 32.2. The van der Waals surface area contributed by atoms with Crippen molar-refractivity contribution in [3.63, 3.8) is 0 Å². The van der Waals surface area contributed by atoms with Gasteiger partial charge < -0.3 is 0 Å². The van der Waals surface area contributed by atoms with E-state index in [1.165, 1.54) is 28.9 Å². The Morgan fingerprint density at radius 1 is 1.12 bits per heavy atom. The second-order valence-electron chi connectivity index (χ2n) is 4.35. The number of benzene rings is 1. The zero-order chi connectivity index (χ0) is 11.4. The van der Waals surface area contributed by atoms with Gasteiger partial charge in [0.05, 0.1) is 0 Å². The van der Waals surface area contributed by atoms with Gasteiger partial charge in [0.25, 0.3) is 0 Å². The SMILES string of the molecule is CC1=CCCC(Sc2ccc(C)cc2)C=C1. The molecule has 1 aromatic carbocycles. The topological polar surface area (TPSA) is 0 Å². The summed E-state index contributed by atoms with van der Waals surface area (Å²) >= 11 is 1.97. The first kappa shape index (κ1) is 11.5. The van der Waals surface area contributed by atoms with Gasteiger partial charge >= 0.3 is 0 Å². The minimum atomic E-state index is 0.622. The first-order valence-corrected chi connectivity index (χ1v) is 6.70. The van der Waals surface area contributed by atoms with Crippen LogP contribution in [0, 0.1) is 6.92 Å². The summed E-state index contributed by atoms with van der Waals surface area (Å²) in [6.45, 7) is 4.31. The average Bonchev–Trinajstić information content (AvgIpc) is 2.47. The van der Waals surface area contributed by atoms with Crippen molar-refractivity contribution in [2.24, 2.45) is 0 Å².